The number of alkyl halides is 1. The predicted octanol–water partition coefficient (Wildman–Crippen LogP) is 4.91. The van der Waals surface area contributed by atoms with E-state index in [1.54, 1.807) is 0 Å². The predicted molar refractivity (Wildman–Crippen MR) is 90.5 cm³/mol. The molecule has 0 spiro atoms. The SMILES string of the molecule is Cc1ccc(C(Cl)c2cc3[nH]c(=O)[nH]c3cc2Br)c(Cl)c1. The zero-order valence-electron chi connectivity index (χ0n) is 11.0. The Morgan fingerprint density at radius 3 is 2.43 bits per heavy atom. The zero-order valence-corrected chi connectivity index (χ0v) is 14.1. The highest BCUT2D eigenvalue weighted by molar-refractivity contribution is 9.10. The van der Waals surface area contributed by atoms with E-state index in [9.17, 15) is 4.79 Å². The first-order valence-corrected chi connectivity index (χ1v) is 7.88. The van der Waals surface area contributed by atoms with Crippen LogP contribution in [0.5, 0.6) is 0 Å². The number of rotatable bonds is 2. The Morgan fingerprint density at radius 2 is 1.76 bits per heavy atom. The van der Waals surface area contributed by atoms with Gasteiger partial charge in [-0.15, -0.1) is 11.6 Å². The van der Waals surface area contributed by atoms with Gasteiger partial charge in [0.2, 0.25) is 0 Å². The molecule has 21 heavy (non-hydrogen) atoms. The molecule has 1 heterocycles. The van der Waals surface area contributed by atoms with E-state index in [1.807, 2.05) is 37.3 Å². The fraction of sp³-hybridized carbons (Fsp3) is 0.133. The first-order chi connectivity index (χ1) is 9.95. The normalized spacial score (nSPS) is 12.8. The topological polar surface area (TPSA) is 48.6 Å². The lowest BCUT2D eigenvalue weighted by Gasteiger charge is -2.14. The van der Waals surface area contributed by atoms with E-state index in [4.69, 9.17) is 23.2 Å². The van der Waals surface area contributed by atoms with Crippen LogP contribution in [0.15, 0.2) is 39.6 Å². The van der Waals surface area contributed by atoms with E-state index in [2.05, 4.69) is 25.9 Å². The molecule has 0 aliphatic rings. The molecule has 2 aromatic carbocycles. The number of benzene rings is 2. The Morgan fingerprint density at radius 1 is 1.10 bits per heavy atom. The molecule has 2 N–H and O–H groups in total. The van der Waals surface area contributed by atoms with E-state index < -0.39 is 5.38 Å². The number of fused-ring (bicyclic) bond motifs is 1. The Bertz CT molecular complexity index is 885. The summed E-state index contributed by atoms with van der Waals surface area (Å²) in [4.78, 5) is 16.8. The van der Waals surface area contributed by atoms with Crippen molar-refractivity contribution in [3.63, 3.8) is 0 Å². The third-order valence-electron chi connectivity index (χ3n) is 3.34. The second-order valence-corrected chi connectivity index (χ2v) is 6.58. The molecule has 0 aliphatic carbocycles. The van der Waals surface area contributed by atoms with Crippen LogP contribution >= 0.6 is 39.1 Å². The molecular formula is C15H11BrCl2N2O. The lowest BCUT2D eigenvalue weighted by atomic mass is 10.0. The van der Waals surface area contributed by atoms with Gasteiger partial charge in [-0.1, -0.05) is 39.7 Å². The van der Waals surface area contributed by atoms with E-state index in [1.165, 1.54) is 0 Å². The quantitative estimate of drug-likeness (QED) is 0.605. The maximum atomic E-state index is 11.4. The number of nitrogens with one attached hydrogen (secondary N) is 2. The minimum absolute atomic E-state index is 0.242. The van der Waals surface area contributed by atoms with Gasteiger partial charge in [-0.25, -0.2) is 4.79 Å². The number of halogens is 3. The van der Waals surface area contributed by atoms with Gasteiger partial charge in [0.15, 0.2) is 0 Å². The van der Waals surface area contributed by atoms with Crippen molar-refractivity contribution in [1.29, 1.82) is 0 Å². The van der Waals surface area contributed by atoms with Gasteiger partial charge >= 0.3 is 5.69 Å². The fourth-order valence-corrected chi connectivity index (χ4v) is 3.75. The van der Waals surface area contributed by atoms with Gasteiger partial charge < -0.3 is 9.97 Å². The van der Waals surface area contributed by atoms with E-state index in [0.717, 1.165) is 26.7 Å². The number of aryl methyl sites for hydroxylation is 1. The zero-order chi connectivity index (χ0) is 15.1. The summed E-state index contributed by atoms with van der Waals surface area (Å²) in [5.74, 6) is 0. The van der Waals surface area contributed by atoms with Crippen LogP contribution in [0.2, 0.25) is 5.02 Å². The third-order valence-corrected chi connectivity index (χ3v) is 4.82. The van der Waals surface area contributed by atoms with Crippen LogP contribution in [0.3, 0.4) is 0 Å². The van der Waals surface area contributed by atoms with Crippen molar-refractivity contribution >= 4 is 50.2 Å². The molecule has 0 fully saturated rings. The molecule has 0 radical (unpaired) electrons. The highest BCUT2D eigenvalue weighted by Gasteiger charge is 2.18. The molecule has 3 nitrogen and oxygen atoms in total. The van der Waals surface area contributed by atoms with Crippen LogP contribution in [-0.4, -0.2) is 9.97 Å². The van der Waals surface area contributed by atoms with Crippen LogP contribution in [0.1, 0.15) is 22.1 Å². The van der Waals surface area contributed by atoms with Crippen LogP contribution < -0.4 is 5.69 Å². The first-order valence-electron chi connectivity index (χ1n) is 6.27. The molecule has 3 rings (SSSR count). The second kappa shape index (κ2) is 5.52. The Balaban J connectivity index is 2.14. The van der Waals surface area contributed by atoms with Crippen LogP contribution in [0, 0.1) is 6.92 Å². The molecule has 0 amide bonds. The van der Waals surface area contributed by atoms with Gasteiger partial charge in [0.05, 0.1) is 16.4 Å². The lowest BCUT2D eigenvalue weighted by Crippen LogP contribution is -1.99. The summed E-state index contributed by atoms with van der Waals surface area (Å²) in [7, 11) is 0. The van der Waals surface area contributed by atoms with Crippen molar-refractivity contribution in [2.75, 3.05) is 0 Å². The van der Waals surface area contributed by atoms with Crippen molar-refractivity contribution in [3.05, 3.63) is 67.0 Å². The number of aromatic amines is 2. The summed E-state index contributed by atoms with van der Waals surface area (Å²) >= 11 is 16.4. The molecule has 0 aliphatic heterocycles. The summed E-state index contributed by atoms with van der Waals surface area (Å²) in [6, 6.07) is 9.47. The van der Waals surface area contributed by atoms with Crippen molar-refractivity contribution in [2.45, 2.75) is 12.3 Å². The molecule has 0 bridgehead atoms. The first kappa shape index (κ1) is 14.7. The van der Waals surface area contributed by atoms with Crippen LogP contribution in [0.25, 0.3) is 11.0 Å². The molecular weight excluding hydrogens is 375 g/mol. The lowest BCUT2D eigenvalue weighted by molar-refractivity contribution is 1.13. The summed E-state index contributed by atoms with van der Waals surface area (Å²) in [5, 5.41) is 0.222. The van der Waals surface area contributed by atoms with Crippen molar-refractivity contribution in [1.82, 2.24) is 9.97 Å². The van der Waals surface area contributed by atoms with Crippen LogP contribution in [0.4, 0.5) is 0 Å². The maximum Gasteiger partial charge on any atom is 0.323 e. The summed E-state index contributed by atoms with van der Waals surface area (Å²) in [6.45, 7) is 1.98. The average Bonchev–Trinajstić information content (AvgIpc) is 2.76. The highest BCUT2D eigenvalue weighted by Crippen LogP contribution is 2.38. The number of aromatic nitrogens is 2. The molecule has 1 unspecified atom stereocenters. The molecule has 0 saturated heterocycles. The maximum absolute atomic E-state index is 11.4. The van der Waals surface area contributed by atoms with E-state index >= 15 is 0 Å². The van der Waals surface area contributed by atoms with Crippen molar-refractivity contribution in [3.8, 4) is 0 Å². The highest BCUT2D eigenvalue weighted by atomic mass is 79.9. The van der Waals surface area contributed by atoms with Gasteiger partial charge in [-0.3, -0.25) is 0 Å². The summed E-state index contributed by atoms with van der Waals surface area (Å²) < 4.78 is 0.821. The molecule has 3 aromatic rings. The van der Waals surface area contributed by atoms with E-state index in [0.29, 0.717) is 10.5 Å². The minimum atomic E-state index is -0.407. The molecule has 1 aromatic heterocycles. The van der Waals surface area contributed by atoms with Gasteiger partial charge in [-0.05, 0) is 41.8 Å². The largest absolute Gasteiger partial charge is 0.323 e. The number of imidazole rings is 1. The monoisotopic (exact) mass is 384 g/mol. The number of H-pyrrole nitrogens is 2. The van der Waals surface area contributed by atoms with Gasteiger partial charge in [0, 0.05) is 9.50 Å². The fourth-order valence-electron chi connectivity index (χ4n) is 2.27. The van der Waals surface area contributed by atoms with E-state index in [-0.39, 0.29) is 5.69 Å². The molecule has 1 atom stereocenters. The summed E-state index contributed by atoms with van der Waals surface area (Å²) in [5.41, 5.74) is 3.97. The third kappa shape index (κ3) is 2.76. The standard InChI is InChI=1S/C15H11BrCl2N2O/c1-7-2-3-8(11(17)4-7)14(18)9-5-12-13(6-10(9)16)20-15(21)19-12/h2-6,14H,1H3,(H2,19,20,21). The van der Waals surface area contributed by atoms with Crippen molar-refractivity contribution < 1.29 is 0 Å². The number of hydrogen-bond donors (Lipinski definition) is 2. The van der Waals surface area contributed by atoms with Crippen LogP contribution in [-0.2, 0) is 0 Å². The molecule has 0 saturated carbocycles. The van der Waals surface area contributed by atoms with Crippen molar-refractivity contribution in [2.24, 2.45) is 0 Å². The van der Waals surface area contributed by atoms with Gasteiger partial charge in [0.1, 0.15) is 0 Å². The average molecular weight is 386 g/mol. The minimum Gasteiger partial charge on any atom is -0.306 e. The second-order valence-electron chi connectivity index (χ2n) is 4.89. The van der Waals surface area contributed by atoms with Gasteiger partial charge in [-0.2, -0.15) is 0 Å². The summed E-state index contributed by atoms with van der Waals surface area (Å²) in [6.07, 6.45) is 0. The smallest absolute Gasteiger partial charge is 0.306 e. The molecule has 6 heteroatoms. The number of hydrogen-bond acceptors (Lipinski definition) is 1. The Labute approximate surface area is 139 Å². The van der Waals surface area contributed by atoms with Gasteiger partial charge in [0.25, 0.3) is 0 Å². The molecule has 108 valence electrons. The Hall–Kier alpha value is -1.23. The Kier molecular flexibility index (Phi) is 3.86.